The Kier molecular flexibility index (Phi) is 6.24. The summed E-state index contributed by atoms with van der Waals surface area (Å²) in [6.07, 6.45) is 1.39. The van der Waals surface area contributed by atoms with Crippen LogP contribution in [0.25, 0.3) is 0 Å². The Labute approximate surface area is 186 Å². The fourth-order valence-electron chi connectivity index (χ4n) is 3.75. The summed E-state index contributed by atoms with van der Waals surface area (Å²) in [5.41, 5.74) is 1.48. The van der Waals surface area contributed by atoms with Crippen molar-refractivity contribution in [2.75, 3.05) is 34.7 Å². The van der Waals surface area contributed by atoms with E-state index in [9.17, 15) is 18.0 Å². The van der Waals surface area contributed by atoms with Gasteiger partial charge in [-0.1, -0.05) is 25.1 Å². The molecule has 31 heavy (non-hydrogen) atoms. The van der Waals surface area contributed by atoms with E-state index in [0.29, 0.717) is 30.4 Å². The highest BCUT2D eigenvalue weighted by Gasteiger charge is 2.29. The zero-order valence-corrected chi connectivity index (χ0v) is 18.8. The second kappa shape index (κ2) is 8.92. The van der Waals surface area contributed by atoms with Crippen LogP contribution in [0.3, 0.4) is 0 Å². The molecule has 0 aliphatic carbocycles. The van der Waals surface area contributed by atoms with E-state index in [-0.39, 0.29) is 23.8 Å². The number of fused-ring (bicyclic) bond motifs is 1. The Balaban J connectivity index is 1.45. The van der Waals surface area contributed by atoms with Gasteiger partial charge >= 0.3 is 5.97 Å². The van der Waals surface area contributed by atoms with Gasteiger partial charge in [0.2, 0.25) is 10.0 Å². The number of sulfonamides is 1. The van der Waals surface area contributed by atoms with E-state index in [4.69, 9.17) is 4.74 Å². The Morgan fingerprint density at radius 1 is 1.13 bits per heavy atom. The maximum absolute atomic E-state index is 12.9. The molecule has 2 aromatic carbocycles. The normalized spacial score (nSPS) is 20.1. The van der Waals surface area contributed by atoms with Crippen LogP contribution in [0.4, 0.5) is 11.4 Å². The van der Waals surface area contributed by atoms with Crippen LogP contribution < -0.4 is 9.21 Å². The number of anilines is 2. The molecule has 2 aromatic rings. The standard InChI is InChI=1S/C22H24N2O5S2/c1-16-10-12-23(19-8-2-3-9-20(19)30-16)21(25)15-29-22(26)17-6-4-7-18(14-17)24-11-5-13-31(24,27)28/h2-4,6-9,14,16H,5,10-13,15H2,1H3. The first-order chi connectivity index (χ1) is 14.8. The molecule has 4 rings (SSSR count). The molecule has 0 radical (unpaired) electrons. The molecule has 0 bridgehead atoms. The molecule has 7 nitrogen and oxygen atoms in total. The minimum Gasteiger partial charge on any atom is -0.452 e. The van der Waals surface area contributed by atoms with Gasteiger partial charge in [-0.2, -0.15) is 0 Å². The monoisotopic (exact) mass is 460 g/mol. The summed E-state index contributed by atoms with van der Waals surface area (Å²) in [6, 6.07) is 14.0. The van der Waals surface area contributed by atoms with Crippen molar-refractivity contribution in [3.05, 3.63) is 54.1 Å². The Morgan fingerprint density at radius 2 is 1.94 bits per heavy atom. The summed E-state index contributed by atoms with van der Waals surface area (Å²) in [5, 5.41) is 0.381. The molecule has 1 amide bonds. The quantitative estimate of drug-likeness (QED) is 0.651. The first-order valence-electron chi connectivity index (χ1n) is 10.2. The highest BCUT2D eigenvalue weighted by molar-refractivity contribution is 8.00. The van der Waals surface area contributed by atoms with Gasteiger partial charge in [-0.15, -0.1) is 11.8 Å². The average molecular weight is 461 g/mol. The number of amides is 1. The fraction of sp³-hybridized carbons (Fsp3) is 0.364. The van der Waals surface area contributed by atoms with Crippen LogP contribution in [-0.2, 0) is 19.6 Å². The van der Waals surface area contributed by atoms with Gasteiger partial charge in [0.05, 0.1) is 22.7 Å². The minimum absolute atomic E-state index is 0.102. The van der Waals surface area contributed by atoms with Crippen molar-refractivity contribution in [2.24, 2.45) is 0 Å². The lowest BCUT2D eigenvalue weighted by Gasteiger charge is -2.22. The largest absolute Gasteiger partial charge is 0.452 e. The van der Waals surface area contributed by atoms with E-state index in [1.54, 1.807) is 34.9 Å². The number of para-hydroxylation sites is 1. The summed E-state index contributed by atoms with van der Waals surface area (Å²) in [4.78, 5) is 28.1. The number of hydrogen-bond acceptors (Lipinski definition) is 6. The van der Waals surface area contributed by atoms with Crippen molar-refractivity contribution in [1.29, 1.82) is 0 Å². The second-order valence-corrected chi connectivity index (χ2v) is 11.1. The third-order valence-electron chi connectivity index (χ3n) is 5.34. The van der Waals surface area contributed by atoms with Crippen molar-refractivity contribution in [1.82, 2.24) is 0 Å². The first-order valence-corrected chi connectivity index (χ1v) is 12.7. The Morgan fingerprint density at radius 3 is 2.71 bits per heavy atom. The molecule has 2 aliphatic rings. The molecule has 1 atom stereocenters. The second-order valence-electron chi connectivity index (χ2n) is 7.60. The maximum atomic E-state index is 12.9. The molecule has 164 valence electrons. The van der Waals surface area contributed by atoms with Crippen molar-refractivity contribution < 1.29 is 22.7 Å². The third-order valence-corrected chi connectivity index (χ3v) is 8.45. The predicted octanol–water partition coefficient (Wildman–Crippen LogP) is 3.30. The van der Waals surface area contributed by atoms with E-state index in [1.807, 2.05) is 24.3 Å². The number of thioether (sulfide) groups is 1. The minimum atomic E-state index is -3.34. The summed E-state index contributed by atoms with van der Waals surface area (Å²) in [5.74, 6) is -0.837. The molecule has 0 N–H and O–H groups in total. The SMILES string of the molecule is CC1CCN(C(=O)COC(=O)c2cccc(N3CCCS3(=O)=O)c2)c2ccccc2S1. The molecule has 0 spiro atoms. The van der Waals surface area contributed by atoms with Crippen LogP contribution in [0.1, 0.15) is 30.1 Å². The molecule has 0 saturated carbocycles. The van der Waals surface area contributed by atoms with E-state index in [0.717, 1.165) is 17.0 Å². The van der Waals surface area contributed by atoms with Gasteiger partial charge in [-0.25, -0.2) is 13.2 Å². The molecule has 1 unspecified atom stereocenters. The average Bonchev–Trinajstić information content (AvgIpc) is 3.02. The number of nitrogens with zero attached hydrogens (tertiary/aromatic N) is 2. The van der Waals surface area contributed by atoms with Crippen LogP contribution in [0.15, 0.2) is 53.4 Å². The van der Waals surface area contributed by atoms with Crippen molar-refractivity contribution in [3.8, 4) is 0 Å². The van der Waals surface area contributed by atoms with E-state index in [1.165, 1.54) is 10.4 Å². The van der Waals surface area contributed by atoms with Gasteiger partial charge in [0, 0.05) is 23.2 Å². The van der Waals surface area contributed by atoms with E-state index >= 15 is 0 Å². The lowest BCUT2D eigenvalue weighted by molar-refractivity contribution is -0.121. The molecule has 0 aromatic heterocycles. The molecule has 2 heterocycles. The molecule has 2 aliphatic heterocycles. The molecular formula is C22H24N2O5S2. The van der Waals surface area contributed by atoms with Crippen molar-refractivity contribution in [3.63, 3.8) is 0 Å². The topological polar surface area (TPSA) is 84.0 Å². The summed E-state index contributed by atoms with van der Waals surface area (Å²) >= 11 is 1.73. The van der Waals surface area contributed by atoms with Gasteiger partial charge in [-0.3, -0.25) is 9.10 Å². The van der Waals surface area contributed by atoms with E-state index < -0.39 is 16.0 Å². The lowest BCUT2D eigenvalue weighted by Crippen LogP contribution is -2.35. The van der Waals surface area contributed by atoms with E-state index in [2.05, 4.69) is 6.92 Å². The number of hydrogen-bond donors (Lipinski definition) is 0. The summed E-state index contributed by atoms with van der Waals surface area (Å²) in [7, 11) is -3.34. The number of rotatable bonds is 4. The number of esters is 1. The number of benzene rings is 2. The van der Waals surface area contributed by atoms with Crippen LogP contribution in [0, 0.1) is 0 Å². The van der Waals surface area contributed by atoms with Crippen molar-refractivity contribution >= 4 is 45.0 Å². The maximum Gasteiger partial charge on any atom is 0.338 e. The molecular weight excluding hydrogens is 436 g/mol. The zero-order valence-electron chi connectivity index (χ0n) is 17.2. The number of ether oxygens (including phenoxy) is 1. The highest BCUT2D eigenvalue weighted by atomic mass is 32.2. The summed E-state index contributed by atoms with van der Waals surface area (Å²) in [6.45, 7) is 2.70. The number of carbonyl (C=O) groups is 2. The van der Waals surface area contributed by atoms with Gasteiger partial charge in [0.1, 0.15) is 0 Å². The highest BCUT2D eigenvalue weighted by Crippen LogP contribution is 2.37. The van der Waals surface area contributed by atoms with Gasteiger partial charge in [0.15, 0.2) is 6.61 Å². The first kappa shape index (κ1) is 21.7. The Hall–Kier alpha value is -2.52. The van der Waals surface area contributed by atoms with Crippen LogP contribution in [0.5, 0.6) is 0 Å². The fourth-order valence-corrected chi connectivity index (χ4v) is 6.42. The van der Waals surface area contributed by atoms with Crippen LogP contribution in [0.2, 0.25) is 0 Å². The van der Waals surface area contributed by atoms with Gasteiger partial charge in [-0.05, 0) is 43.2 Å². The molecule has 1 saturated heterocycles. The Bertz CT molecular complexity index is 1100. The third kappa shape index (κ3) is 4.72. The van der Waals surface area contributed by atoms with Crippen LogP contribution in [-0.4, -0.2) is 51.0 Å². The van der Waals surface area contributed by atoms with Gasteiger partial charge in [0.25, 0.3) is 5.91 Å². The van der Waals surface area contributed by atoms with Crippen LogP contribution >= 0.6 is 11.8 Å². The lowest BCUT2D eigenvalue weighted by atomic mass is 10.2. The summed E-state index contributed by atoms with van der Waals surface area (Å²) < 4.78 is 30.9. The number of carbonyl (C=O) groups excluding carboxylic acids is 2. The smallest absolute Gasteiger partial charge is 0.338 e. The zero-order chi connectivity index (χ0) is 22.0. The van der Waals surface area contributed by atoms with Crippen molar-refractivity contribution in [2.45, 2.75) is 29.9 Å². The molecule has 1 fully saturated rings. The molecule has 9 heteroatoms. The predicted molar refractivity (Wildman–Crippen MR) is 121 cm³/mol. The van der Waals surface area contributed by atoms with Gasteiger partial charge < -0.3 is 9.64 Å².